The van der Waals surface area contributed by atoms with Gasteiger partial charge in [0.25, 0.3) is 5.91 Å². The van der Waals surface area contributed by atoms with Gasteiger partial charge in [0.1, 0.15) is 11.8 Å². The van der Waals surface area contributed by atoms with E-state index in [2.05, 4.69) is 21.3 Å². The van der Waals surface area contributed by atoms with Crippen LogP contribution in [0.25, 0.3) is 0 Å². The standard InChI is InChI=1S/C16H20N4O4/c1-8(14(21)20-16(23)18-10-3-4-10)17-11-5-6-13-12(7-11)19-15(22)9(2)24-13/h5-10,17H,3-4H2,1-2H3,(H,19,22)(H2,18,20,21,23)/t8-,9+/m1/s1. The highest BCUT2D eigenvalue weighted by Gasteiger charge is 2.26. The molecule has 1 saturated carbocycles. The Hall–Kier alpha value is -2.77. The molecular weight excluding hydrogens is 312 g/mol. The van der Waals surface area contributed by atoms with Crippen LogP contribution in [0.1, 0.15) is 26.7 Å². The maximum atomic E-state index is 12.0. The SMILES string of the molecule is C[C@@H]1Oc2ccc(N[C@H](C)C(=O)NC(=O)NC3CC3)cc2NC1=O. The lowest BCUT2D eigenvalue weighted by Gasteiger charge is -2.24. The number of anilines is 2. The first-order chi connectivity index (χ1) is 11.4. The second-order valence-corrected chi connectivity index (χ2v) is 6.06. The molecule has 8 heteroatoms. The van der Waals surface area contributed by atoms with E-state index in [1.165, 1.54) is 0 Å². The Labute approximate surface area is 139 Å². The van der Waals surface area contributed by atoms with E-state index >= 15 is 0 Å². The Kier molecular flexibility index (Phi) is 4.28. The lowest BCUT2D eigenvalue weighted by atomic mass is 10.2. The van der Waals surface area contributed by atoms with Gasteiger partial charge in [-0.15, -0.1) is 0 Å². The van der Waals surface area contributed by atoms with Gasteiger partial charge in [-0.2, -0.15) is 0 Å². The third-order valence-electron chi connectivity index (χ3n) is 3.84. The van der Waals surface area contributed by atoms with E-state index in [4.69, 9.17) is 4.74 Å². The first-order valence-electron chi connectivity index (χ1n) is 7.92. The van der Waals surface area contributed by atoms with Crippen molar-refractivity contribution in [1.82, 2.24) is 10.6 Å². The lowest BCUT2D eigenvalue weighted by molar-refractivity contribution is -0.123. The first kappa shape index (κ1) is 16.1. The Bertz CT molecular complexity index is 687. The first-order valence-corrected chi connectivity index (χ1v) is 7.92. The number of ether oxygens (including phenoxy) is 1. The summed E-state index contributed by atoms with van der Waals surface area (Å²) in [6.45, 7) is 3.32. The van der Waals surface area contributed by atoms with Gasteiger partial charge in [-0.3, -0.25) is 14.9 Å². The summed E-state index contributed by atoms with van der Waals surface area (Å²) in [4.78, 5) is 35.2. The third kappa shape index (κ3) is 3.76. The highest BCUT2D eigenvalue weighted by Crippen LogP contribution is 2.32. The number of imide groups is 1. The van der Waals surface area contributed by atoms with Crippen LogP contribution in [0.2, 0.25) is 0 Å². The summed E-state index contributed by atoms with van der Waals surface area (Å²) in [6, 6.07) is 4.25. The Morgan fingerprint density at radius 2 is 2.08 bits per heavy atom. The van der Waals surface area contributed by atoms with E-state index in [1.807, 2.05) is 0 Å². The Morgan fingerprint density at radius 1 is 1.33 bits per heavy atom. The molecule has 1 heterocycles. The number of nitrogens with one attached hydrogen (secondary N) is 4. The maximum Gasteiger partial charge on any atom is 0.321 e. The minimum absolute atomic E-state index is 0.188. The second-order valence-electron chi connectivity index (χ2n) is 6.06. The van der Waals surface area contributed by atoms with Crippen LogP contribution < -0.4 is 26.0 Å². The van der Waals surface area contributed by atoms with Crippen LogP contribution >= 0.6 is 0 Å². The van der Waals surface area contributed by atoms with E-state index in [1.54, 1.807) is 32.0 Å². The molecule has 0 unspecified atom stereocenters. The van der Waals surface area contributed by atoms with Gasteiger partial charge in [-0.05, 0) is 44.9 Å². The van der Waals surface area contributed by atoms with Gasteiger partial charge in [-0.25, -0.2) is 4.79 Å². The highest BCUT2D eigenvalue weighted by atomic mass is 16.5. The molecule has 3 rings (SSSR count). The number of carbonyl (C=O) groups excluding carboxylic acids is 3. The van der Waals surface area contributed by atoms with Crippen LogP contribution in [0, 0.1) is 0 Å². The molecule has 0 radical (unpaired) electrons. The van der Waals surface area contributed by atoms with Gasteiger partial charge in [0.05, 0.1) is 5.69 Å². The zero-order valence-corrected chi connectivity index (χ0v) is 13.5. The minimum atomic E-state index is -0.618. The van der Waals surface area contributed by atoms with Crippen LogP contribution in [0.5, 0.6) is 5.75 Å². The summed E-state index contributed by atoms with van der Waals surface area (Å²) in [7, 11) is 0. The van der Waals surface area contributed by atoms with Crippen LogP contribution in [-0.4, -0.2) is 36.0 Å². The second kappa shape index (κ2) is 6.38. The smallest absolute Gasteiger partial charge is 0.321 e. The topological polar surface area (TPSA) is 109 Å². The molecule has 0 aromatic heterocycles. The van der Waals surface area contributed by atoms with Crippen molar-refractivity contribution in [1.29, 1.82) is 0 Å². The molecule has 24 heavy (non-hydrogen) atoms. The van der Waals surface area contributed by atoms with Crippen molar-refractivity contribution in [2.45, 2.75) is 44.9 Å². The molecule has 1 aliphatic heterocycles. The fourth-order valence-electron chi connectivity index (χ4n) is 2.28. The number of urea groups is 1. The molecule has 2 atom stereocenters. The average Bonchev–Trinajstić information content (AvgIpc) is 3.32. The third-order valence-corrected chi connectivity index (χ3v) is 3.84. The molecule has 1 aromatic carbocycles. The van der Waals surface area contributed by atoms with E-state index in [-0.39, 0.29) is 11.9 Å². The average molecular weight is 332 g/mol. The van der Waals surface area contributed by atoms with E-state index in [9.17, 15) is 14.4 Å². The predicted octanol–water partition coefficient (Wildman–Crippen LogP) is 1.19. The van der Waals surface area contributed by atoms with Crippen LogP contribution in [0.15, 0.2) is 18.2 Å². The summed E-state index contributed by atoms with van der Waals surface area (Å²) in [5.41, 5.74) is 1.18. The van der Waals surface area contributed by atoms with Crippen molar-refractivity contribution >= 4 is 29.2 Å². The molecule has 8 nitrogen and oxygen atoms in total. The Morgan fingerprint density at radius 3 is 2.79 bits per heavy atom. The molecule has 1 fully saturated rings. The van der Waals surface area contributed by atoms with Crippen molar-refractivity contribution in [2.75, 3.05) is 10.6 Å². The van der Waals surface area contributed by atoms with E-state index in [0.29, 0.717) is 17.1 Å². The summed E-state index contributed by atoms with van der Waals surface area (Å²) >= 11 is 0. The fourth-order valence-corrected chi connectivity index (χ4v) is 2.28. The van der Waals surface area contributed by atoms with Crippen LogP contribution in [-0.2, 0) is 9.59 Å². The van der Waals surface area contributed by atoms with Crippen molar-refractivity contribution < 1.29 is 19.1 Å². The summed E-state index contributed by atoms with van der Waals surface area (Å²) in [5.74, 6) is -0.0736. The van der Waals surface area contributed by atoms with Crippen LogP contribution in [0.4, 0.5) is 16.2 Å². The van der Waals surface area contributed by atoms with Gasteiger partial charge in [-0.1, -0.05) is 0 Å². The van der Waals surface area contributed by atoms with Crippen molar-refractivity contribution in [3.8, 4) is 5.75 Å². The number of hydrogen-bond donors (Lipinski definition) is 4. The minimum Gasteiger partial charge on any atom is -0.479 e. The molecule has 0 spiro atoms. The van der Waals surface area contributed by atoms with Gasteiger partial charge >= 0.3 is 6.03 Å². The number of rotatable bonds is 4. The number of hydrogen-bond acceptors (Lipinski definition) is 5. The van der Waals surface area contributed by atoms with Gasteiger partial charge in [0.15, 0.2) is 6.10 Å². The molecule has 128 valence electrons. The number of amides is 4. The molecule has 4 amide bonds. The number of benzene rings is 1. The van der Waals surface area contributed by atoms with Crippen molar-refractivity contribution in [3.05, 3.63) is 18.2 Å². The maximum absolute atomic E-state index is 12.0. The Balaban J connectivity index is 1.58. The largest absolute Gasteiger partial charge is 0.479 e. The molecule has 0 bridgehead atoms. The lowest BCUT2D eigenvalue weighted by Crippen LogP contribution is -2.46. The monoisotopic (exact) mass is 332 g/mol. The highest BCUT2D eigenvalue weighted by molar-refractivity contribution is 5.99. The molecule has 2 aliphatic rings. The molecule has 1 aromatic rings. The van der Waals surface area contributed by atoms with Gasteiger partial charge in [0, 0.05) is 11.7 Å². The zero-order valence-electron chi connectivity index (χ0n) is 13.5. The molecule has 0 saturated heterocycles. The number of fused-ring (bicyclic) bond motifs is 1. The van der Waals surface area contributed by atoms with Gasteiger partial charge in [0.2, 0.25) is 5.91 Å². The molecular formula is C16H20N4O4. The van der Waals surface area contributed by atoms with E-state index in [0.717, 1.165) is 12.8 Å². The van der Waals surface area contributed by atoms with Crippen molar-refractivity contribution in [2.24, 2.45) is 0 Å². The van der Waals surface area contributed by atoms with E-state index < -0.39 is 24.1 Å². The van der Waals surface area contributed by atoms with Crippen LogP contribution in [0.3, 0.4) is 0 Å². The quantitative estimate of drug-likeness (QED) is 0.662. The number of carbonyl (C=O) groups is 3. The van der Waals surface area contributed by atoms with Gasteiger partial charge < -0.3 is 20.7 Å². The molecule has 1 aliphatic carbocycles. The molecule has 4 N–H and O–H groups in total. The van der Waals surface area contributed by atoms with Crippen molar-refractivity contribution in [3.63, 3.8) is 0 Å². The normalized spacial score (nSPS) is 20.1. The predicted molar refractivity (Wildman–Crippen MR) is 87.9 cm³/mol. The fraction of sp³-hybridized carbons (Fsp3) is 0.438. The zero-order chi connectivity index (χ0) is 17.3. The summed E-state index contributed by atoms with van der Waals surface area (Å²) in [5, 5.41) is 10.7. The summed E-state index contributed by atoms with van der Waals surface area (Å²) < 4.78 is 5.47. The summed E-state index contributed by atoms with van der Waals surface area (Å²) in [6.07, 6.45) is 1.37.